The van der Waals surface area contributed by atoms with E-state index in [0.29, 0.717) is 23.9 Å². The molecule has 0 aliphatic carbocycles. The van der Waals surface area contributed by atoms with E-state index in [1.165, 1.54) is 25.4 Å². The van der Waals surface area contributed by atoms with Gasteiger partial charge in [-0.15, -0.1) is 0 Å². The summed E-state index contributed by atoms with van der Waals surface area (Å²) in [6.45, 7) is 8.67. The molecular weight excluding hydrogens is 644 g/mol. The number of fused-ring (bicyclic) bond motifs is 1. The first-order valence-electron chi connectivity index (χ1n) is 17.4. The van der Waals surface area contributed by atoms with E-state index in [1.807, 2.05) is 12.1 Å². The molecule has 0 bridgehead atoms. The summed E-state index contributed by atoms with van der Waals surface area (Å²) in [5.41, 5.74) is 20.0. The van der Waals surface area contributed by atoms with Gasteiger partial charge in [-0.1, -0.05) is 16.1 Å². The third kappa shape index (κ3) is 3.22. The van der Waals surface area contributed by atoms with Crippen LogP contribution in [-0.2, 0) is 37.8 Å². The molecule has 1 spiro atoms. The van der Waals surface area contributed by atoms with Gasteiger partial charge in [0.25, 0.3) is 5.91 Å². The van der Waals surface area contributed by atoms with Crippen molar-refractivity contribution in [2.75, 3.05) is 14.2 Å². The van der Waals surface area contributed by atoms with Crippen molar-refractivity contribution in [3.63, 3.8) is 0 Å². The molecule has 51 heavy (non-hydrogen) atoms. The number of benzene rings is 1. The Balaban J connectivity index is 1.47. The molecule has 1 aromatic carbocycles. The lowest BCUT2D eigenvalue weighted by Gasteiger charge is -2.37. The van der Waals surface area contributed by atoms with Crippen LogP contribution in [0.2, 0.25) is 0 Å². The van der Waals surface area contributed by atoms with Crippen LogP contribution in [0.5, 0.6) is 0 Å². The summed E-state index contributed by atoms with van der Waals surface area (Å²) < 4.78 is 20.0. The van der Waals surface area contributed by atoms with Crippen molar-refractivity contribution in [1.82, 2.24) is 18.7 Å². The summed E-state index contributed by atoms with van der Waals surface area (Å²) in [5.74, 6) is -2.02. The van der Waals surface area contributed by atoms with Gasteiger partial charge in [-0.2, -0.15) is 9.13 Å². The largest absolute Gasteiger partial charge is 0.553 e. The second-order valence-corrected chi connectivity index (χ2v) is 14.1. The molecule has 11 heteroatoms. The first kappa shape index (κ1) is 30.0. The van der Waals surface area contributed by atoms with Crippen molar-refractivity contribution >= 4 is 64.1 Å². The summed E-state index contributed by atoms with van der Waals surface area (Å²) in [6, 6.07) is 3.98. The fourth-order valence-corrected chi connectivity index (χ4v) is 9.92. The van der Waals surface area contributed by atoms with Crippen molar-refractivity contribution in [3.8, 4) is 0 Å². The third-order valence-corrected chi connectivity index (χ3v) is 12.1. The van der Waals surface area contributed by atoms with Crippen LogP contribution in [0, 0.1) is 13.8 Å². The molecule has 0 saturated carbocycles. The number of hydrogen-bond acceptors (Lipinski definition) is 6. The minimum absolute atomic E-state index is 0.246. The van der Waals surface area contributed by atoms with Gasteiger partial charge in [-0.25, -0.2) is 0 Å². The van der Waals surface area contributed by atoms with E-state index in [2.05, 4.69) is 64.2 Å². The minimum Gasteiger partial charge on any atom is -0.469 e. The van der Waals surface area contributed by atoms with E-state index < -0.39 is 11.8 Å². The Bertz CT molecular complexity index is 2860. The monoisotopic (exact) mass is 680 g/mol. The number of pyridine rings is 1. The average molecular weight is 681 g/mol. The highest BCUT2D eigenvalue weighted by atomic mass is 16.5. The number of ether oxygens (including phenoxy) is 2. The van der Waals surface area contributed by atoms with E-state index in [1.54, 1.807) is 6.20 Å². The normalized spacial score (nSPS) is 19.0. The van der Waals surface area contributed by atoms with E-state index in [-0.39, 0.29) is 24.8 Å². The first-order chi connectivity index (χ1) is 24.6. The number of allylic oxidation sites excluding steroid dienone is 1. The molecule has 254 valence electrons. The van der Waals surface area contributed by atoms with Crippen LogP contribution in [0.4, 0.5) is 0 Å². The minimum atomic E-state index is -0.985. The standard InChI is InChI=1S/C40H35N6O5/c1-7-21-18(2)29-15-27-19(3)22(8-10-33(47)50-5)30-17-31-23(9-11-34(48)51-6)20(4)28-16-32-24-12-13-42-36-25(39(41)49)14-26-37(21)45(29)40(43(27)30,44(28)31)46(32)38(26)35(24)36/h12-17H,7-11H2,1-6H3,(H-,41,49)/q+1/p+1/t40-/m0/s1. The molecule has 3 aromatic heterocycles. The van der Waals surface area contributed by atoms with Gasteiger partial charge < -0.3 is 15.2 Å². The summed E-state index contributed by atoms with van der Waals surface area (Å²) in [5, 5.41) is 4.96. The lowest BCUT2D eigenvalue weighted by Crippen LogP contribution is -2.74. The summed E-state index contributed by atoms with van der Waals surface area (Å²) in [6.07, 6.45) is 10.8. The molecule has 1 atom stereocenters. The molecule has 11 nitrogen and oxygen atoms in total. The van der Waals surface area contributed by atoms with Gasteiger partial charge in [-0.3, -0.25) is 19.4 Å². The van der Waals surface area contributed by atoms with Crippen LogP contribution in [0.15, 0.2) is 29.5 Å². The molecule has 6 aliphatic heterocycles. The van der Waals surface area contributed by atoms with Gasteiger partial charge in [0, 0.05) is 42.3 Å². The highest BCUT2D eigenvalue weighted by Crippen LogP contribution is 2.49. The van der Waals surface area contributed by atoms with Gasteiger partial charge >= 0.3 is 17.8 Å². The molecule has 10 rings (SSSR count). The summed E-state index contributed by atoms with van der Waals surface area (Å²) >= 11 is 0. The zero-order chi connectivity index (χ0) is 35.4. The number of carbonyl (C=O) groups excluding carboxylic acids is 3. The molecule has 4 aromatic rings. The smallest absolute Gasteiger partial charge is 0.469 e. The number of nitrogens with two attached hydrogens (primary N) is 1. The number of rotatable bonds is 8. The predicted molar refractivity (Wildman–Crippen MR) is 190 cm³/mol. The molecule has 2 N–H and O–H groups in total. The molecular formula is C40H36N6O5+2. The lowest BCUT2D eigenvalue weighted by molar-refractivity contribution is -0.587. The van der Waals surface area contributed by atoms with Crippen LogP contribution >= 0.6 is 0 Å². The number of primary amides is 1. The van der Waals surface area contributed by atoms with Crippen molar-refractivity contribution in [2.45, 2.75) is 65.7 Å². The number of amides is 1. The highest BCUT2D eigenvalue weighted by Gasteiger charge is 2.72. The summed E-state index contributed by atoms with van der Waals surface area (Å²) in [4.78, 5) is 43.1. The van der Waals surface area contributed by atoms with Crippen LogP contribution in [0.1, 0.15) is 82.7 Å². The average Bonchev–Trinajstić information content (AvgIpc) is 3.80. The van der Waals surface area contributed by atoms with Gasteiger partial charge in [0.2, 0.25) is 22.5 Å². The Hall–Kier alpha value is -5.84. The maximum atomic E-state index is 13.1. The van der Waals surface area contributed by atoms with Crippen molar-refractivity contribution < 1.29 is 28.4 Å². The molecule has 0 radical (unpaired) electrons. The number of aromatic nitrogens is 3. The van der Waals surface area contributed by atoms with E-state index in [4.69, 9.17) is 20.2 Å². The molecule has 6 aliphatic rings. The number of esters is 2. The first-order valence-corrected chi connectivity index (χ1v) is 17.4. The van der Waals surface area contributed by atoms with Crippen molar-refractivity contribution in [1.29, 1.82) is 0 Å². The summed E-state index contributed by atoms with van der Waals surface area (Å²) in [7, 11) is 2.85. The topological polar surface area (TPSA) is 124 Å². The fraction of sp³-hybridized carbons (Fsp3) is 0.300. The van der Waals surface area contributed by atoms with Crippen LogP contribution < -0.4 is 31.6 Å². The van der Waals surface area contributed by atoms with Gasteiger partial charge in [0.1, 0.15) is 5.22 Å². The maximum Gasteiger partial charge on any atom is 0.553 e. The third-order valence-electron chi connectivity index (χ3n) is 12.1. The number of nitrogens with zero attached hydrogens (tertiary/aromatic N) is 5. The zero-order valence-corrected chi connectivity index (χ0v) is 29.4. The maximum absolute atomic E-state index is 13.1. The van der Waals surface area contributed by atoms with Crippen LogP contribution in [0.3, 0.4) is 0 Å². The van der Waals surface area contributed by atoms with Crippen LogP contribution in [0.25, 0.3) is 40.5 Å². The van der Waals surface area contributed by atoms with Crippen molar-refractivity contribution in [2.24, 2.45) is 5.73 Å². The molecule has 0 saturated heterocycles. The van der Waals surface area contributed by atoms with E-state index in [9.17, 15) is 14.4 Å². The molecule has 0 unspecified atom stereocenters. The molecule has 1 amide bonds. The Labute approximate surface area is 291 Å². The second kappa shape index (κ2) is 9.69. The van der Waals surface area contributed by atoms with Crippen molar-refractivity contribution in [3.05, 3.63) is 95.5 Å². The van der Waals surface area contributed by atoms with Gasteiger partial charge in [0.15, 0.2) is 0 Å². The Morgan fingerprint density at radius 3 is 2.31 bits per heavy atom. The Kier molecular flexibility index (Phi) is 5.70. The number of carbonyl (C=O) groups is 3. The van der Waals surface area contributed by atoms with Gasteiger partial charge in [0.05, 0.1) is 58.3 Å². The predicted octanol–water partition coefficient (Wildman–Crippen LogP) is 1.15. The SMILES string of the molecule is CCC1=C(C)C2=[N+]3C1=c1cc(C(N)=O)c4nccc5c4c1=[N+]1C5=Cc4c(C)c(CCC(=O)OC)c5n4[C@@]31n1c(c(C)c(CCC(=O)OC)c1=C5)=C2. The van der Waals surface area contributed by atoms with Crippen LogP contribution in [-0.4, -0.2) is 56.5 Å². The lowest BCUT2D eigenvalue weighted by atomic mass is 9.98. The second-order valence-electron chi connectivity index (χ2n) is 14.1. The van der Waals surface area contributed by atoms with E-state index in [0.717, 1.165) is 89.4 Å². The zero-order valence-electron chi connectivity index (χ0n) is 29.4. The van der Waals surface area contributed by atoms with E-state index >= 15 is 0 Å². The Morgan fingerprint density at radius 1 is 0.902 bits per heavy atom. The highest BCUT2D eigenvalue weighted by molar-refractivity contribution is 6.21. The number of methoxy groups -OCH3 is 2. The molecule has 9 heterocycles. The Morgan fingerprint density at radius 2 is 1.63 bits per heavy atom. The quantitative estimate of drug-likeness (QED) is 0.220. The number of hydrogen-bond donors (Lipinski definition) is 1. The van der Waals surface area contributed by atoms with Gasteiger partial charge in [-0.05, 0) is 80.5 Å². The molecule has 0 fully saturated rings. The fourth-order valence-electron chi connectivity index (χ4n) is 9.92.